The summed E-state index contributed by atoms with van der Waals surface area (Å²) in [6, 6.07) is 9.40. The van der Waals surface area contributed by atoms with Crippen molar-refractivity contribution in [2.45, 2.75) is 13.3 Å². The van der Waals surface area contributed by atoms with E-state index in [2.05, 4.69) is 4.98 Å². The van der Waals surface area contributed by atoms with Crippen molar-refractivity contribution in [3.63, 3.8) is 0 Å². The number of nitrogens with zero attached hydrogens (tertiary/aromatic N) is 1. The lowest BCUT2D eigenvalue weighted by Gasteiger charge is -1.92. The topological polar surface area (TPSA) is 43.1 Å². The van der Waals surface area contributed by atoms with Gasteiger partial charge in [-0.15, -0.1) is 11.3 Å². The Morgan fingerprint density at radius 3 is 2.94 bits per heavy atom. The number of rotatable bonds is 3. The van der Waals surface area contributed by atoms with Gasteiger partial charge >= 0.3 is 0 Å². The van der Waals surface area contributed by atoms with Crippen LogP contribution in [0.4, 0.5) is 0 Å². The number of hydrogen-bond donors (Lipinski definition) is 0. The van der Waals surface area contributed by atoms with Gasteiger partial charge in [0.2, 0.25) is 5.78 Å². The fourth-order valence-corrected chi connectivity index (χ4v) is 2.60. The molecule has 3 aromatic rings. The van der Waals surface area contributed by atoms with Crippen molar-refractivity contribution in [1.82, 2.24) is 4.98 Å². The van der Waals surface area contributed by atoms with E-state index in [1.165, 1.54) is 11.3 Å². The second-order valence-electron chi connectivity index (χ2n) is 4.13. The molecule has 2 heterocycles. The van der Waals surface area contributed by atoms with E-state index >= 15 is 0 Å². The van der Waals surface area contributed by atoms with Gasteiger partial charge in [-0.25, -0.2) is 4.98 Å². The zero-order chi connectivity index (χ0) is 12.5. The highest BCUT2D eigenvalue weighted by molar-refractivity contribution is 7.09. The van der Waals surface area contributed by atoms with Crippen molar-refractivity contribution in [1.29, 1.82) is 0 Å². The molecule has 1 aromatic carbocycles. The Balaban J connectivity index is 1.87. The molecule has 2 aromatic heterocycles. The average Bonchev–Trinajstić information content (AvgIpc) is 2.95. The number of fused-ring (bicyclic) bond motifs is 1. The summed E-state index contributed by atoms with van der Waals surface area (Å²) in [6.45, 7) is 1.92. The van der Waals surface area contributed by atoms with Gasteiger partial charge < -0.3 is 4.42 Å². The molecule has 0 saturated carbocycles. The molecular formula is C14H11NO2S. The van der Waals surface area contributed by atoms with Gasteiger partial charge in [0.1, 0.15) is 10.6 Å². The number of Topliss-reactive ketones (excluding diaryl/α,β-unsaturated/α-hetero) is 1. The quantitative estimate of drug-likeness (QED) is 0.673. The van der Waals surface area contributed by atoms with E-state index in [0.717, 1.165) is 21.7 Å². The van der Waals surface area contributed by atoms with Crippen LogP contribution in [0.5, 0.6) is 0 Å². The van der Waals surface area contributed by atoms with Gasteiger partial charge in [-0.05, 0) is 19.1 Å². The molecule has 18 heavy (non-hydrogen) atoms. The highest BCUT2D eigenvalue weighted by Gasteiger charge is 2.14. The SMILES string of the molecule is Cc1csc(CC(=O)c2cc3ccccc3o2)n1. The molecule has 3 nitrogen and oxygen atoms in total. The molecule has 0 aliphatic carbocycles. The molecule has 0 aliphatic rings. The number of aromatic nitrogens is 1. The lowest BCUT2D eigenvalue weighted by Crippen LogP contribution is -2.01. The van der Waals surface area contributed by atoms with E-state index in [4.69, 9.17) is 4.42 Å². The number of ketones is 1. The molecule has 90 valence electrons. The molecule has 0 radical (unpaired) electrons. The Kier molecular flexibility index (Phi) is 2.72. The van der Waals surface area contributed by atoms with Crippen molar-refractivity contribution >= 4 is 28.1 Å². The van der Waals surface area contributed by atoms with Gasteiger partial charge in [-0.3, -0.25) is 4.79 Å². The predicted octanol–water partition coefficient (Wildman–Crippen LogP) is 3.62. The van der Waals surface area contributed by atoms with Gasteiger partial charge in [0.15, 0.2) is 5.76 Å². The smallest absolute Gasteiger partial charge is 0.204 e. The Morgan fingerprint density at radius 1 is 1.39 bits per heavy atom. The Bertz CT molecular complexity index is 678. The van der Waals surface area contributed by atoms with Crippen LogP contribution in [0.3, 0.4) is 0 Å². The van der Waals surface area contributed by atoms with Crippen LogP contribution in [-0.2, 0) is 6.42 Å². The number of carbonyl (C=O) groups excluding carboxylic acids is 1. The van der Waals surface area contributed by atoms with Crippen molar-refractivity contribution in [3.05, 3.63) is 52.2 Å². The monoisotopic (exact) mass is 257 g/mol. The number of hydrogen-bond acceptors (Lipinski definition) is 4. The summed E-state index contributed by atoms with van der Waals surface area (Å²) >= 11 is 1.51. The normalized spacial score (nSPS) is 10.9. The zero-order valence-corrected chi connectivity index (χ0v) is 10.7. The van der Waals surface area contributed by atoms with Crippen LogP contribution in [0.25, 0.3) is 11.0 Å². The van der Waals surface area contributed by atoms with Crippen molar-refractivity contribution in [2.75, 3.05) is 0 Å². The molecule has 0 amide bonds. The molecule has 0 fully saturated rings. The van der Waals surface area contributed by atoms with Crippen LogP contribution in [0.15, 0.2) is 40.1 Å². The molecule has 0 saturated heterocycles. The van der Waals surface area contributed by atoms with Crippen LogP contribution in [0.1, 0.15) is 21.3 Å². The molecule has 4 heteroatoms. The Labute approximate surface area is 108 Å². The van der Waals surface area contributed by atoms with Crippen LogP contribution in [0, 0.1) is 6.92 Å². The lowest BCUT2D eigenvalue weighted by atomic mass is 10.2. The van der Waals surface area contributed by atoms with Crippen molar-refractivity contribution in [2.24, 2.45) is 0 Å². The molecular weight excluding hydrogens is 246 g/mol. The predicted molar refractivity (Wildman–Crippen MR) is 71.1 cm³/mol. The van der Waals surface area contributed by atoms with Crippen molar-refractivity contribution in [3.8, 4) is 0 Å². The lowest BCUT2D eigenvalue weighted by molar-refractivity contribution is 0.0968. The number of thiazole rings is 1. The third-order valence-corrected chi connectivity index (χ3v) is 3.65. The first-order chi connectivity index (χ1) is 8.72. The number of furan rings is 1. The third kappa shape index (κ3) is 2.07. The Hall–Kier alpha value is -1.94. The van der Waals surface area contributed by atoms with E-state index in [9.17, 15) is 4.79 Å². The van der Waals surface area contributed by atoms with E-state index in [0.29, 0.717) is 12.2 Å². The van der Waals surface area contributed by atoms with E-state index in [-0.39, 0.29) is 5.78 Å². The van der Waals surface area contributed by atoms with Crippen LogP contribution in [-0.4, -0.2) is 10.8 Å². The molecule has 0 spiro atoms. The number of benzene rings is 1. The molecule has 0 atom stereocenters. The number of carbonyl (C=O) groups is 1. The molecule has 0 N–H and O–H groups in total. The summed E-state index contributed by atoms with van der Waals surface area (Å²) in [4.78, 5) is 16.4. The summed E-state index contributed by atoms with van der Waals surface area (Å²) in [7, 11) is 0. The highest BCUT2D eigenvalue weighted by atomic mass is 32.1. The first-order valence-corrected chi connectivity index (χ1v) is 6.53. The Morgan fingerprint density at radius 2 is 2.22 bits per heavy atom. The molecule has 0 bridgehead atoms. The maximum absolute atomic E-state index is 12.1. The maximum atomic E-state index is 12.1. The standard InChI is InChI=1S/C14H11NO2S/c1-9-8-18-14(15-9)7-11(16)13-6-10-4-2-3-5-12(10)17-13/h2-6,8H,7H2,1H3. The third-order valence-electron chi connectivity index (χ3n) is 2.68. The highest BCUT2D eigenvalue weighted by Crippen LogP contribution is 2.20. The van der Waals surface area contributed by atoms with Gasteiger partial charge in [0.25, 0.3) is 0 Å². The molecule has 0 aliphatic heterocycles. The maximum Gasteiger partial charge on any atom is 0.204 e. The first kappa shape index (κ1) is 11.2. The molecule has 3 rings (SSSR count). The summed E-state index contributed by atoms with van der Waals surface area (Å²) in [5, 5.41) is 3.73. The van der Waals surface area contributed by atoms with E-state index in [1.807, 2.05) is 36.6 Å². The molecule has 0 unspecified atom stereocenters. The summed E-state index contributed by atoms with van der Waals surface area (Å²) in [6.07, 6.45) is 0.304. The van der Waals surface area contributed by atoms with E-state index < -0.39 is 0 Å². The minimum Gasteiger partial charge on any atom is -0.453 e. The minimum absolute atomic E-state index is 0.0273. The van der Waals surface area contributed by atoms with Crippen LogP contribution in [0.2, 0.25) is 0 Å². The summed E-state index contributed by atoms with van der Waals surface area (Å²) < 4.78 is 5.54. The van der Waals surface area contributed by atoms with Crippen LogP contribution < -0.4 is 0 Å². The summed E-state index contributed by atoms with van der Waals surface area (Å²) in [5.41, 5.74) is 1.70. The fourth-order valence-electron chi connectivity index (χ4n) is 1.83. The van der Waals surface area contributed by atoms with Gasteiger partial charge in [0, 0.05) is 16.5 Å². The average molecular weight is 257 g/mol. The van der Waals surface area contributed by atoms with Crippen molar-refractivity contribution < 1.29 is 9.21 Å². The zero-order valence-electron chi connectivity index (χ0n) is 9.84. The van der Waals surface area contributed by atoms with Gasteiger partial charge in [0.05, 0.1) is 6.42 Å². The van der Waals surface area contributed by atoms with E-state index in [1.54, 1.807) is 6.07 Å². The fraction of sp³-hybridized carbons (Fsp3) is 0.143. The summed E-state index contributed by atoms with van der Waals surface area (Å²) in [5.74, 6) is 0.379. The second kappa shape index (κ2) is 4.38. The second-order valence-corrected chi connectivity index (χ2v) is 5.07. The first-order valence-electron chi connectivity index (χ1n) is 5.65. The number of aryl methyl sites for hydroxylation is 1. The van der Waals surface area contributed by atoms with Gasteiger partial charge in [-0.1, -0.05) is 18.2 Å². The largest absolute Gasteiger partial charge is 0.453 e. The number of para-hydroxylation sites is 1. The van der Waals surface area contributed by atoms with Crippen LogP contribution >= 0.6 is 11.3 Å². The minimum atomic E-state index is -0.0273. The van der Waals surface area contributed by atoms with Gasteiger partial charge in [-0.2, -0.15) is 0 Å².